The molecule has 2 amide bonds. The van der Waals surface area contributed by atoms with E-state index in [9.17, 15) is 14.4 Å². The molecule has 2 aliphatic rings. The number of ether oxygens (including phenoxy) is 2. The number of carbonyl (C=O) groups is 3. The molecular formula is C24H25N3O5S. The van der Waals surface area contributed by atoms with Gasteiger partial charge in [-0.05, 0) is 80.5 Å². The molecule has 172 valence electrons. The van der Waals surface area contributed by atoms with Gasteiger partial charge in [-0.1, -0.05) is 0 Å². The summed E-state index contributed by atoms with van der Waals surface area (Å²) < 4.78 is 10.2. The highest BCUT2D eigenvalue weighted by molar-refractivity contribution is 7.80. The smallest absolute Gasteiger partial charge is 0.338 e. The van der Waals surface area contributed by atoms with Gasteiger partial charge in [-0.3, -0.25) is 14.5 Å². The number of anilines is 2. The molecule has 1 aliphatic carbocycles. The molecule has 1 N–H and O–H groups in total. The van der Waals surface area contributed by atoms with Crippen molar-refractivity contribution in [1.29, 1.82) is 0 Å². The quantitative estimate of drug-likeness (QED) is 0.470. The van der Waals surface area contributed by atoms with E-state index in [1.807, 2.05) is 4.90 Å². The van der Waals surface area contributed by atoms with Gasteiger partial charge in [0.1, 0.15) is 11.8 Å². The topological polar surface area (TPSA) is 88.2 Å². The summed E-state index contributed by atoms with van der Waals surface area (Å²) >= 11 is 5.64. The Balaban J connectivity index is 1.46. The number of carbonyl (C=O) groups excluding carboxylic acids is 3. The second-order valence-electron chi connectivity index (χ2n) is 7.86. The van der Waals surface area contributed by atoms with E-state index >= 15 is 0 Å². The summed E-state index contributed by atoms with van der Waals surface area (Å²) in [6.45, 7) is 2.03. The summed E-state index contributed by atoms with van der Waals surface area (Å²) in [4.78, 5) is 41.3. The van der Waals surface area contributed by atoms with Crippen LogP contribution in [-0.4, -0.2) is 53.6 Å². The number of hydrogen-bond donors (Lipinski definition) is 1. The molecule has 0 unspecified atom stereocenters. The number of nitrogens with zero attached hydrogens (tertiary/aromatic N) is 2. The fourth-order valence-electron chi connectivity index (χ4n) is 3.82. The van der Waals surface area contributed by atoms with Crippen LogP contribution in [0.5, 0.6) is 5.75 Å². The number of nitrogens with one attached hydrogen (secondary N) is 1. The zero-order valence-corrected chi connectivity index (χ0v) is 19.3. The van der Waals surface area contributed by atoms with E-state index in [4.69, 9.17) is 21.7 Å². The minimum Gasteiger partial charge on any atom is -0.497 e. The molecule has 1 saturated carbocycles. The molecule has 2 aromatic carbocycles. The molecule has 2 fully saturated rings. The number of thiocarbonyl (C=S) groups is 1. The number of rotatable bonds is 8. The van der Waals surface area contributed by atoms with Crippen molar-refractivity contribution in [2.45, 2.75) is 38.3 Å². The molecule has 1 aliphatic heterocycles. The first-order valence-electron chi connectivity index (χ1n) is 10.8. The SMILES string of the molecule is CCOC(=O)c1ccc(NC(=O)C[C@H]2C(=O)N(c3ccc(OC)cc3)C(=S)N2C2CC2)cc1. The van der Waals surface area contributed by atoms with Crippen LogP contribution in [0.1, 0.15) is 36.5 Å². The Bertz CT molecular complexity index is 1070. The standard InChI is InChI=1S/C24H25N3O5S/c1-3-32-23(30)15-4-6-16(7-5-15)25-21(28)14-20-22(29)27(24(33)26(20)17-8-9-17)18-10-12-19(31-2)13-11-18/h4-7,10-13,17,20H,3,8-9,14H2,1-2H3,(H,25,28)/t20-/m0/s1. The molecule has 0 radical (unpaired) electrons. The molecule has 4 rings (SSSR count). The first kappa shape index (κ1) is 22.7. The first-order valence-corrected chi connectivity index (χ1v) is 11.2. The van der Waals surface area contributed by atoms with E-state index < -0.39 is 12.0 Å². The van der Waals surface area contributed by atoms with E-state index in [1.165, 1.54) is 4.90 Å². The number of benzene rings is 2. The average Bonchev–Trinajstić information content (AvgIpc) is 3.61. The number of methoxy groups -OCH3 is 1. The Morgan fingerprint density at radius 3 is 2.33 bits per heavy atom. The van der Waals surface area contributed by atoms with Gasteiger partial charge in [0.2, 0.25) is 5.91 Å². The molecule has 1 heterocycles. The molecule has 33 heavy (non-hydrogen) atoms. The predicted octanol–water partition coefficient (Wildman–Crippen LogP) is 3.37. The van der Waals surface area contributed by atoms with Crippen LogP contribution >= 0.6 is 12.2 Å². The van der Waals surface area contributed by atoms with Crippen LogP contribution in [0.3, 0.4) is 0 Å². The third-order valence-corrected chi connectivity index (χ3v) is 5.98. The van der Waals surface area contributed by atoms with Crippen LogP contribution in [0.4, 0.5) is 11.4 Å². The number of esters is 1. The Morgan fingerprint density at radius 1 is 1.09 bits per heavy atom. The van der Waals surface area contributed by atoms with Gasteiger partial charge in [0.05, 0.1) is 31.4 Å². The van der Waals surface area contributed by atoms with Crippen LogP contribution < -0.4 is 15.0 Å². The van der Waals surface area contributed by atoms with Crippen molar-refractivity contribution >= 4 is 46.5 Å². The second kappa shape index (κ2) is 9.58. The Labute approximate surface area is 197 Å². The lowest BCUT2D eigenvalue weighted by atomic mass is 10.1. The van der Waals surface area contributed by atoms with Gasteiger partial charge < -0.3 is 19.7 Å². The van der Waals surface area contributed by atoms with Gasteiger partial charge in [-0.25, -0.2) is 4.79 Å². The second-order valence-corrected chi connectivity index (χ2v) is 8.22. The highest BCUT2D eigenvalue weighted by atomic mass is 32.1. The van der Waals surface area contributed by atoms with Crippen molar-refractivity contribution in [1.82, 2.24) is 4.90 Å². The van der Waals surface area contributed by atoms with Crippen LogP contribution in [0.25, 0.3) is 0 Å². The van der Waals surface area contributed by atoms with Crippen LogP contribution in [0.15, 0.2) is 48.5 Å². The lowest BCUT2D eigenvalue weighted by Crippen LogP contribution is -2.39. The molecule has 8 nitrogen and oxygen atoms in total. The van der Waals surface area contributed by atoms with Crippen molar-refractivity contribution in [3.05, 3.63) is 54.1 Å². The molecule has 0 aromatic heterocycles. The van der Waals surface area contributed by atoms with Gasteiger partial charge in [0, 0.05) is 11.7 Å². The van der Waals surface area contributed by atoms with Crippen LogP contribution in [0, 0.1) is 0 Å². The fourth-order valence-corrected chi connectivity index (χ4v) is 4.29. The van der Waals surface area contributed by atoms with Gasteiger partial charge in [0.25, 0.3) is 5.91 Å². The van der Waals surface area contributed by atoms with Gasteiger partial charge in [-0.15, -0.1) is 0 Å². The first-order chi connectivity index (χ1) is 15.9. The van der Waals surface area contributed by atoms with Gasteiger partial charge >= 0.3 is 5.97 Å². The zero-order chi connectivity index (χ0) is 23.5. The lowest BCUT2D eigenvalue weighted by molar-refractivity contribution is -0.124. The van der Waals surface area contributed by atoms with Crippen molar-refractivity contribution < 1.29 is 23.9 Å². The van der Waals surface area contributed by atoms with Crippen molar-refractivity contribution in [2.75, 3.05) is 23.9 Å². The Hall–Kier alpha value is -3.46. The van der Waals surface area contributed by atoms with E-state index in [-0.39, 0.29) is 24.3 Å². The number of amides is 2. The maximum atomic E-state index is 13.3. The summed E-state index contributed by atoms with van der Waals surface area (Å²) in [7, 11) is 1.58. The monoisotopic (exact) mass is 467 g/mol. The number of hydrogen-bond acceptors (Lipinski definition) is 6. The van der Waals surface area contributed by atoms with E-state index in [0.29, 0.717) is 34.4 Å². The van der Waals surface area contributed by atoms with Gasteiger partial charge in [-0.2, -0.15) is 0 Å². The van der Waals surface area contributed by atoms with E-state index in [2.05, 4.69) is 5.32 Å². The molecular weight excluding hydrogens is 442 g/mol. The normalized spacial score (nSPS) is 17.8. The van der Waals surface area contributed by atoms with E-state index in [0.717, 1.165) is 12.8 Å². The lowest BCUT2D eigenvalue weighted by Gasteiger charge is -2.23. The summed E-state index contributed by atoms with van der Waals surface area (Å²) in [5, 5.41) is 3.22. The molecule has 1 atom stereocenters. The Kier molecular flexibility index (Phi) is 6.60. The largest absolute Gasteiger partial charge is 0.497 e. The molecule has 0 bridgehead atoms. The summed E-state index contributed by atoms with van der Waals surface area (Å²) in [6, 6.07) is 13.1. The minimum absolute atomic E-state index is 0.0260. The summed E-state index contributed by atoms with van der Waals surface area (Å²) in [5.41, 5.74) is 1.58. The predicted molar refractivity (Wildman–Crippen MR) is 127 cm³/mol. The van der Waals surface area contributed by atoms with E-state index in [1.54, 1.807) is 62.6 Å². The van der Waals surface area contributed by atoms with Crippen LogP contribution in [-0.2, 0) is 14.3 Å². The highest BCUT2D eigenvalue weighted by Crippen LogP contribution is 2.37. The van der Waals surface area contributed by atoms with Crippen molar-refractivity contribution in [2.24, 2.45) is 0 Å². The molecule has 1 saturated heterocycles. The molecule has 2 aromatic rings. The maximum Gasteiger partial charge on any atom is 0.338 e. The van der Waals surface area contributed by atoms with Crippen molar-refractivity contribution in [3.8, 4) is 5.75 Å². The van der Waals surface area contributed by atoms with Crippen molar-refractivity contribution in [3.63, 3.8) is 0 Å². The minimum atomic E-state index is -0.661. The third kappa shape index (κ3) is 4.83. The van der Waals surface area contributed by atoms with Crippen LogP contribution in [0.2, 0.25) is 0 Å². The summed E-state index contributed by atoms with van der Waals surface area (Å²) in [5.74, 6) is -0.258. The fraction of sp³-hybridized carbons (Fsp3) is 0.333. The zero-order valence-electron chi connectivity index (χ0n) is 18.4. The highest BCUT2D eigenvalue weighted by Gasteiger charge is 2.49. The third-order valence-electron chi connectivity index (χ3n) is 5.58. The summed E-state index contributed by atoms with van der Waals surface area (Å²) in [6.07, 6.45) is 1.86. The molecule has 9 heteroatoms. The maximum absolute atomic E-state index is 13.3. The average molecular weight is 468 g/mol. The van der Waals surface area contributed by atoms with Gasteiger partial charge in [0.15, 0.2) is 5.11 Å². The Morgan fingerprint density at radius 2 is 1.76 bits per heavy atom. The molecule has 0 spiro atoms.